The summed E-state index contributed by atoms with van der Waals surface area (Å²) in [5.41, 5.74) is 6.46. The van der Waals surface area contributed by atoms with E-state index in [1.54, 1.807) is 12.3 Å². The van der Waals surface area contributed by atoms with Gasteiger partial charge < -0.3 is 10.2 Å². The van der Waals surface area contributed by atoms with E-state index in [2.05, 4.69) is 48.2 Å². The van der Waals surface area contributed by atoms with Crippen molar-refractivity contribution in [2.45, 2.75) is 45.7 Å². The summed E-state index contributed by atoms with van der Waals surface area (Å²) in [6.07, 6.45) is 6.28. The SMILES string of the molecule is CC(=O)C[C@H](NC(=O)C(c1ccccc1)n1cc(CC2CN(C)C2)ccc1=O)c1cncc(-c2c(C)cccc2C)c1. The third-order valence-corrected chi connectivity index (χ3v) is 8.04. The maximum absolute atomic E-state index is 14.2. The highest BCUT2D eigenvalue weighted by molar-refractivity contribution is 5.85. The lowest BCUT2D eigenvalue weighted by Crippen LogP contribution is -2.44. The molecule has 216 valence electrons. The number of nitrogens with one attached hydrogen (secondary N) is 1. The van der Waals surface area contributed by atoms with E-state index in [0.29, 0.717) is 11.5 Å². The molecule has 0 aliphatic carbocycles. The topological polar surface area (TPSA) is 84.3 Å². The quantitative estimate of drug-likeness (QED) is 0.292. The molecule has 2 aromatic heterocycles. The van der Waals surface area contributed by atoms with Crippen molar-refractivity contribution in [2.24, 2.45) is 5.92 Å². The third-order valence-electron chi connectivity index (χ3n) is 8.04. The lowest BCUT2D eigenvalue weighted by molar-refractivity contribution is -0.124. The number of likely N-dealkylation sites (tertiary alicyclic amines) is 1. The maximum atomic E-state index is 14.2. The lowest BCUT2D eigenvalue weighted by atomic mass is 9.93. The average molecular weight is 563 g/mol. The fourth-order valence-corrected chi connectivity index (χ4v) is 6.08. The Labute approximate surface area is 247 Å². The van der Waals surface area contributed by atoms with Crippen molar-refractivity contribution in [3.63, 3.8) is 0 Å². The average Bonchev–Trinajstić information content (AvgIpc) is 2.94. The molecule has 0 saturated carbocycles. The second-order valence-corrected chi connectivity index (χ2v) is 11.6. The van der Waals surface area contributed by atoms with Crippen LogP contribution in [0, 0.1) is 19.8 Å². The minimum absolute atomic E-state index is 0.0568. The molecule has 1 aliphatic heterocycles. The number of amides is 1. The van der Waals surface area contributed by atoms with Crippen LogP contribution in [0.1, 0.15) is 53.2 Å². The van der Waals surface area contributed by atoms with Crippen LogP contribution in [-0.2, 0) is 16.0 Å². The predicted octanol–water partition coefficient (Wildman–Crippen LogP) is 5.06. The molecule has 3 heterocycles. The first-order valence-electron chi connectivity index (χ1n) is 14.5. The Balaban J connectivity index is 1.50. The highest BCUT2D eigenvalue weighted by Gasteiger charge is 2.29. The number of nitrogens with zero attached hydrogens (tertiary/aromatic N) is 3. The van der Waals surface area contributed by atoms with Gasteiger partial charge in [0.05, 0.1) is 6.04 Å². The van der Waals surface area contributed by atoms with E-state index >= 15 is 0 Å². The van der Waals surface area contributed by atoms with Crippen LogP contribution in [0.2, 0.25) is 0 Å². The molecule has 0 bridgehead atoms. The summed E-state index contributed by atoms with van der Waals surface area (Å²) in [5.74, 6) is 0.118. The van der Waals surface area contributed by atoms with Crippen LogP contribution in [0.15, 0.2) is 90.1 Å². The van der Waals surface area contributed by atoms with Crippen molar-refractivity contribution in [3.8, 4) is 11.1 Å². The van der Waals surface area contributed by atoms with Gasteiger partial charge in [-0.05, 0) is 79.6 Å². The van der Waals surface area contributed by atoms with Crippen LogP contribution >= 0.6 is 0 Å². The highest BCUT2D eigenvalue weighted by atomic mass is 16.2. The van der Waals surface area contributed by atoms with Gasteiger partial charge >= 0.3 is 0 Å². The Morgan fingerprint density at radius 1 is 0.952 bits per heavy atom. The summed E-state index contributed by atoms with van der Waals surface area (Å²) < 4.78 is 1.53. The van der Waals surface area contributed by atoms with Crippen LogP contribution in [0.3, 0.4) is 0 Å². The molecule has 5 rings (SSSR count). The zero-order chi connectivity index (χ0) is 29.8. The maximum Gasteiger partial charge on any atom is 0.251 e. The molecule has 1 aliphatic rings. The van der Waals surface area contributed by atoms with Crippen molar-refractivity contribution >= 4 is 11.7 Å². The van der Waals surface area contributed by atoms with Gasteiger partial charge in [0.1, 0.15) is 11.8 Å². The van der Waals surface area contributed by atoms with Gasteiger partial charge in [-0.25, -0.2) is 0 Å². The Bertz CT molecular complexity index is 1620. The van der Waals surface area contributed by atoms with Gasteiger partial charge in [-0.1, -0.05) is 54.6 Å². The van der Waals surface area contributed by atoms with Crippen LogP contribution < -0.4 is 10.9 Å². The van der Waals surface area contributed by atoms with Crippen molar-refractivity contribution in [1.82, 2.24) is 19.8 Å². The first-order chi connectivity index (χ1) is 20.2. The molecule has 1 fully saturated rings. The van der Waals surface area contributed by atoms with E-state index in [9.17, 15) is 14.4 Å². The van der Waals surface area contributed by atoms with Crippen LogP contribution in [-0.4, -0.2) is 46.3 Å². The number of carbonyl (C=O) groups is 2. The van der Waals surface area contributed by atoms with Gasteiger partial charge in [0.2, 0.25) is 5.91 Å². The number of hydrogen-bond donors (Lipinski definition) is 1. The molecule has 2 aromatic carbocycles. The van der Waals surface area contributed by atoms with Crippen molar-refractivity contribution in [1.29, 1.82) is 0 Å². The standard InChI is InChI=1S/C35H38N4O3/c1-23-9-8-10-24(2)33(23)30-17-29(18-36-19-30)31(15-25(3)40)37-35(42)34(28-11-6-5-7-12-28)39-22-26(13-14-32(39)41)16-27-20-38(4)21-27/h5-14,17-19,22,27,31,34H,15-16,20-21H2,1-4H3,(H,37,42)/t31-,34?/m0/s1. The number of hydrogen-bond acceptors (Lipinski definition) is 5. The Morgan fingerprint density at radius 3 is 2.33 bits per heavy atom. The van der Waals surface area contributed by atoms with Gasteiger partial charge in [-0.3, -0.25) is 23.9 Å². The smallest absolute Gasteiger partial charge is 0.251 e. The first kappa shape index (κ1) is 29.1. The van der Waals surface area contributed by atoms with Crippen molar-refractivity contribution < 1.29 is 9.59 Å². The molecule has 7 nitrogen and oxygen atoms in total. The number of ketones is 1. The van der Waals surface area contributed by atoms with E-state index in [0.717, 1.165) is 52.9 Å². The second kappa shape index (κ2) is 12.7. The van der Waals surface area contributed by atoms with E-state index in [1.165, 1.54) is 11.5 Å². The second-order valence-electron chi connectivity index (χ2n) is 11.6. The highest BCUT2D eigenvalue weighted by Crippen LogP contribution is 2.30. The van der Waals surface area contributed by atoms with Crippen molar-refractivity contribution in [2.75, 3.05) is 20.1 Å². The van der Waals surface area contributed by atoms with E-state index < -0.39 is 12.1 Å². The zero-order valence-corrected chi connectivity index (χ0v) is 24.7. The normalized spacial score (nSPS) is 15.0. The minimum atomic E-state index is -0.896. The number of aromatic nitrogens is 2. The summed E-state index contributed by atoms with van der Waals surface area (Å²) in [6, 6.07) is 19.4. The number of Topliss-reactive ketones (excluding diaryl/α,β-unsaturated/α-hetero) is 1. The van der Waals surface area contributed by atoms with Crippen LogP contribution in [0.25, 0.3) is 11.1 Å². The Morgan fingerprint density at radius 2 is 1.67 bits per heavy atom. The fourth-order valence-electron chi connectivity index (χ4n) is 6.08. The number of benzene rings is 2. The molecule has 1 N–H and O–H groups in total. The van der Waals surface area contributed by atoms with Crippen LogP contribution in [0.4, 0.5) is 0 Å². The largest absolute Gasteiger partial charge is 0.347 e. The monoisotopic (exact) mass is 562 g/mol. The number of aryl methyl sites for hydroxylation is 2. The summed E-state index contributed by atoms with van der Waals surface area (Å²) in [6.45, 7) is 7.67. The molecule has 2 atom stereocenters. The number of pyridine rings is 2. The molecule has 1 saturated heterocycles. The number of rotatable bonds is 10. The van der Waals surface area contributed by atoms with Crippen LogP contribution in [0.5, 0.6) is 0 Å². The first-order valence-corrected chi connectivity index (χ1v) is 14.5. The molecule has 4 aromatic rings. The molecular weight excluding hydrogens is 524 g/mol. The molecule has 0 spiro atoms. The molecule has 7 heteroatoms. The summed E-state index contributed by atoms with van der Waals surface area (Å²) >= 11 is 0. The van der Waals surface area contributed by atoms with Gasteiger partial charge in [0, 0.05) is 49.7 Å². The third kappa shape index (κ3) is 6.58. The van der Waals surface area contributed by atoms with E-state index in [1.807, 2.05) is 60.9 Å². The number of carbonyl (C=O) groups excluding carboxylic acids is 2. The van der Waals surface area contributed by atoms with Crippen molar-refractivity contribution in [3.05, 3.63) is 123 Å². The fraction of sp³-hybridized carbons (Fsp3) is 0.314. The minimum Gasteiger partial charge on any atom is -0.347 e. The Hall–Kier alpha value is -4.36. The van der Waals surface area contributed by atoms with E-state index in [4.69, 9.17) is 0 Å². The predicted molar refractivity (Wildman–Crippen MR) is 165 cm³/mol. The molecule has 0 radical (unpaired) electrons. The lowest BCUT2D eigenvalue weighted by Gasteiger charge is -2.36. The summed E-state index contributed by atoms with van der Waals surface area (Å²) in [5, 5.41) is 3.12. The Kier molecular flexibility index (Phi) is 8.78. The molecule has 42 heavy (non-hydrogen) atoms. The molecular formula is C35H38N4O3. The van der Waals surface area contributed by atoms with Gasteiger partial charge in [0.25, 0.3) is 5.56 Å². The summed E-state index contributed by atoms with van der Waals surface area (Å²) in [7, 11) is 2.10. The van der Waals surface area contributed by atoms with Gasteiger partial charge in [-0.2, -0.15) is 0 Å². The summed E-state index contributed by atoms with van der Waals surface area (Å²) in [4.78, 5) is 46.5. The zero-order valence-electron chi connectivity index (χ0n) is 24.7. The molecule has 1 unspecified atom stereocenters. The van der Waals surface area contributed by atoms with Gasteiger partial charge in [0.15, 0.2) is 0 Å². The molecule has 1 amide bonds. The van der Waals surface area contributed by atoms with Gasteiger partial charge in [-0.15, -0.1) is 0 Å². The van der Waals surface area contributed by atoms with E-state index in [-0.39, 0.29) is 23.7 Å².